The van der Waals surface area contributed by atoms with Crippen LogP contribution in [0.2, 0.25) is 0 Å². The zero-order valence-corrected chi connectivity index (χ0v) is 49.0. The van der Waals surface area contributed by atoms with Gasteiger partial charge in [-0.1, -0.05) is 60.9 Å². The molecule has 0 spiro atoms. The van der Waals surface area contributed by atoms with Crippen LogP contribution in [-0.4, -0.2) is 111 Å². The van der Waals surface area contributed by atoms with Gasteiger partial charge in [0.05, 0.1) is 79.0 Å². The average molecular weight is 1230 g/mol. The van der Waals surface area contributed by atoms with Crippen molar-refractivity contribution in [3.05, 3.63) is 133 Å². The third-order valence-electron chi connectivity index (χ3n) is 14.0. The van der Waals surface area contributed by atoms with Crippen molar-refractivity contribution in [2.45, 2.75) is 89.9 Å². The van der Waals surface area contributed by atoms with Crippen LogP contribution in [0.3, 0.4) is 0 Å². The van der Waals surface area contributed by atoms with E-state index in [1.807, 2.05) is 24.3 Å². The van der Waals surface area contributed by atoms with E-state index in [1.165, 1.54) is 29.7 Å². The number of carbonyl (C=O) groups excluding carboxylic acids is 10. The molecule has 2 saturated carbocycles. The van der Waals surface area contributed by atoms with E-state index >= 15 is 0 Å². The van der Waals surface area contributed by atoms with Crippen LogP contribution < -0.4 is 24.4 Å². The Morgan fingerprint density at radius 2 is 0.864 bits per heavy atom. The molecule has 7 rings (SSSR count). The third kappa shape index (κ3) is 22.0. The fourth-order valence-corrected chi connectivity index (χ4v) is 10.0. The quantitative estimate of drug-likeness (QED) is 0.00825. The fraction of sp³-hybridized carbons (Fsp3) is 0.375. The number of hydrogen-bond acceptors (Lipinski definition) is 24. The molecular formula is C64H67N3O20S. The highest BCUT2D eigenvalue weighted by molar-refractivity contribution is 7.22. The van der Waals surface area contributed by atoms with Crippen LogP contribution in [0.4, 0.5) is 5.13 Å². The van der Waals surface area contributed by atoms with Gasteiger partial charge in [-0.15, -0.1) is 0 Å². The number of aromatic nitrogens is 1. The van der Waals surface area contributed by atoms with E-state index in [-0.39, 0.29) is 76.8 Å². The first-order valence-electron chi connectivity index (χ1n) is 28.7. The lowest BCUT2D eigenvalue weighted by Gasteiger charge is -2.26. The second-order valence-corrected chi connectivity index (χ2v) is 21.3. The van der Waals surface area contributed by atoms with Gasteiger partial charge in [-0.3, -0.25) is 43.8 Å². The molecule has 5 aromatic rings. The van der Waals surface area contributed by atoms with Crippen LogP contribution in [-0.2, 0) is 89.2 Å². The summed E-state index contributed by atoms with van der Waals surface area (Å²) in [7, 11) is 0. The van der Waals surface area contributed by atoms with Crippen molar-refractivity contribution in [1.29, 1.82) is 0 Å². The van der Waals surface area contributed by atoms with Crippen molar-refractivity contribution < 1.29 is 95.3 Å². The second kappa shape index (κ2) is 34.5. The van der Waals surface area contributed by atoms with Crippen LogP contribution in [0.15, 0.2) is 121 Å². The molecule has 1 N–H and O–H groups in total. The monoisotopic (exact) mass is 1230 g/mol. The first kappa shape index (κ1) is 66.0. The minimum absolute atomic E-state index is 0.0607. The summed E-state index contributed by atoms with van der Waals surface area (Å²) in [5, 5.41) is 4.90. The number of hydrogen-bond donors (Lipinski definition) is 1. The molecule has 464 valence electrons. The lowest BCUT2D eigenvalue weighted by Crippen LogP contribution is -2.30. The highest BCUT2D eigenvalue weighted by Gasteiger charge is 2.34. The van der Waals surface area contributed by atoms with Gasteiger partial charge >= 0.3 is 59.7 Å². The van der Waals surface area contributed by atoms with Crippen molar-refractivity contribution in [3.8, 4) is 23.0 Å². The second-order valence-electron chi connectivity index (χ2n) is 20.3. The van der Waals surface area contributed by atoms with Crippen molar-refractivity contribution in [2.75, 3.05) is 45.1 Å². The molecule has 4 aromatic carbocycles. The SMILES string of the molecule is C=CC(=O)OCCOC(=O)CCC(=O)OCCc1ccc(OC(=O)C2CCC(C(=O)Oc3ccc(OC(=O)C4CCC(C(=O)Oc5ccc(CCOC(=O)CCC(=O)OCCOC(=O)C=C)cc5)CC4)c(/C=N/Nc4nc5ccccc5s4)c3)CC2)cc1. The Kier molecular flexibility index (Phi) is 25.9. The van der Waals surface area contributed by atoms with E-state index in [0.717, 1.165) is 33.5 Å². The number of hydrazone groups is 1. The summed E-state index contributed by atoms with van der Waals surface area (Å²) >= 11 is 1.40. The third-order valence-corrected chi connectivity index (χ3v) is 15.0. The molecule has 1 aromatic heterocycles. The van der Waals surface area contributed by atoms with Crippen LogP contribution in [0.1, 0.15) is 93.7 Å². The first-order chi connectivity index (χ1) is 42.6. The van der Waals surface area contributed by atoms with E-state index in [9.17, 15) is 47.9 Å². The van der Waals surface area contributed by atoms with Crippen LogP contribution in [0.5, 0.6) is 23.0 Å². The summed E-state index contributed by atoms with van der Waals surface area (Å²) in [5.74, 6) is -6.44. The zero-order valence-electron chi connectivity index (χ0n) is 48.2. The topological polar surface area (TPSA) is 300 Å². The summed E-state index contributed by atoms with van der Waals surface area (Å²) in [4.78, 5) is 128. The molecule has 88 heavy (non-hydrogen) atoms. The predicted octanol–water partition coefficient (Wildman–Crippen LogP) is 8.65. The average Bonchev–Trinajstić information content (AvgIpc) is 4.16. The number of fused-ring (bicyclic) bond motifs is 1. The largest absolute Gasteiger partial charge is 0.465 e. The van der Waals surface area contributed by atoms with Gasteiger partial charge in [-0.25, -0.2) is 14.6 Å². The summed E-state index contributed by atoms with van der Waals surface area (Å²) in [6.45, 7) is 6.11. The summed E-state index contributed by atoms with van der Waals surface area (Å²) in [6, 6.07) is 25.7. The predicted molar refractivity (Wildman–Crippen MR) is 316 cm³/mol. The van der Waals surface area contributed by atoms with Crippen LogP contribution >= 0.6 is 11.3 Å². The number of nitrogens with zero attached hydrogens (tertiary/aromatic N) is 2. The number of carbonyl (C=O) groups is 10. The van der Waals surface area contributed by atoms with Gasteiger partial charge in [0.15, 0.2) is 0 Å². The van der Waals surface area contributed by atoms with Crippen LogP contribution in [0, 0.1) is 23.7 Å². The van der Waals surface area contributed by atoms with E-state index in [1.54, 1.807) is 54.6 Å². The van der Waals surface area contributed by atoms with Crippen molar-refractivity contribution in [1.82, 2.24) is 4.98 Å². The highest BCUT2D eigenvalue weighted by Crippen LogP contribution is 2.35. The summed E-state index contributed by atoms with van der Waals surface area (Å²) < 4.78 is 53.9. The van der Waals surface area contributed by atoms with Gasteiger partial charge in [-0.2, -0.15) is 5.10 Å². The van der Waals surface area contributed by atoms with Crippen LogP contribution in [0.25, 0.3) is 10.2 Å². The normalized spacial score (nSPS) is 16.2. The number of thiazole rings is 1. The van der Waals surface area contributed by atoms with Gasteiger partial charge in [0.25, 0.3) is 0 Å². The van der Waals surface area contributed by atoms with Crippen molar-refractivity contribution in [3.63, 3.8) is 0 Å². The van der Waals surface area contributed by atoms with Gasteiger partial charge < -0.3 is 47.4 Å². The molecule has 24 heteroatoms. The Bertz CT molecular complexity index is 3270. The maximum Gasteiger partial charge on any atom is 0.330 e. The Hall–Kier alpha value is -9.58. The molecule has 2 aliphatic carbocycles. The molecular weight excluding hydrogens is 1160 g/mol. The molecule has 0 aliphatic heterocycles. The molecule has 0 atom stereocenters. The smallest absolute Gasteiger partial charge is 0.330 e. The van der Waals surface area contributed by atoms with Crippen molar-refractivity contribution >= 4 is 92.6 Å². The molecule has 0 unspecified atom stereocenters. The summed E-state index contributed by atoms with van der Waals surface area (Å²) in [6.07, 6.45) is 6.47. The van der Waals surface area contributed by atoms with Gasteiger partial charge in [-0.05, 0) is 117 Å². The molecule has 0 saturated heterocycles. The molecule has 0 amide bonds. The van der Waals surface area contributed by atoms with E-state index in [4.69, 9.17) is 47.4 Å². The Morgan fingerprint density at radius 3 is 1.30 bits per heavy atom. The van der Waals surface area contributed by atoms with Crippen molar-refractivity contribution in [2.24, 2.45) is 28.8 Å². The molecule has 2 fully saturated rings. The number of anilines is 1. The maximum absolute atomic E-state index is 13.7. The standard InChI is InChI=1S/C64H67N3O20S/c1-3-54(68)80-35-37-82-58(72)29-27-56(70)78-33-31-41-9-21-48(22-10-41)84-60(74)43-13-15-45(16-14-43)62(76)86-50-25-26-52(47(39-50)40-65-67-64-66-51-7-5-6-8-53(51)88-64)87-63(77)46-19-17-44(18-20-46)61(75)85-49-23-11-42(12-24-49)32-34-79-57(71)28-30-59(73)83-38-36-81-55(69)4-2/h3-12,21-26,39-40,43-46H,1-2,13-20,27-38H2,(H,66,67)/b65-40+. The zero-order chi connectivity index (χ0) is 62.6. The Balaban J connectivity index is 0.829. The molecule has 1 heterocycles. The fourth-order valence-electron chi connectivity index (χ4n) is 9.20. The number of esters is 10. The number of rotatable bonds is 31. The van der Waals surface area contributed by atoms with E-state index in [2.05, 4.69) is 28.7 Å². The number of para-hydroxylation sites is 1. The van der Waals surface area contributed by atoms with Gasteiger partial charge in [0, 0.05) is 30.6 Å². The lowest BCUT2D eigenvalue weighted by molar-refractivity contribution is -0.152. The Labute approximate surface area is 510 Å². The number of nitrogens with one attached hydrogen (secondary N) is 1. The van der Waals surface area contributed by atoms with E-state index in [0.29, 0.717) is 86.4 Å². The number of ether oxygens (including phenoxy) is 10. The summed E-state index contributed by atoms with van der Waals surface area (Å²) in [5.41, 5.74) is 5.68. The first-order valence-corrected chi connectivity index (χ1v) is 29.5. The molecule has 23 nitrogen and oxygen atoms in total. The molecule has 0 bridgehead atoms. The van der Waals surface area contributed by atoms with Gasteiger partial charge in [0.1, 0.15) is 49.4 Å². The lowest BCUT2D eigenvalue weighted by atomic mass is 9.82. The van der Waals surface area contributed by atoms with E-state index < -0.39 is 83.4 Å². The minimum atomic E-state index is -0.639. The molecule has 2 aliphatic rings. The van der Waals surface area contributed by atoms with Gasteiger partial charge in [0.2, 0.25) is 5.13 Å². The maximum atomic E-state index is 13.7. The minimum Gasteiger partial charge on any atom is -0.465 e. The Morgan fingerprint density at radius 1 is 0.477 bits per heavy atom. The number of benzene rings is 4. The molecule has 0 radical (unpaired) electrons. The highest BCUT2D eigenvalue weighted by atomic mass is 32.1.